The first-order chi connectivity index (χ1) is 6.52. The summed E-state index contributed by atoms with van der Waals surface area (Å²) >= 11 is 5.58. The summed E-state index contributed by atoms with van der Waals surface area (Å²) in [7, 11) is -3.15. The number of sulfonamides is 1. The van der Waals surface area contributed by atoms with Crippen LogP contribution in [0.3, 0.4) is 0 Å². The van der Waals surface area contributed by atoms with Crippen LogP contribution >= 0.6 is 11.6 Å². The summed E-state index contributed by atoms with van der Waals surface area (Å²) < 4.78 is 25.4. The van der Waals surface area contributed by atoms with Gasteiger partial charge >= 0.3 is 0 Å². The topological polar surface area (TPSA) is 37.4 Å². The third kappa shape index (κ3) is 2.84. The number of hydrogen-bond acceptors (Lipinski definition) is 2. The summed E-state index contributed by atoms with van der Waals surface area (Å²) in [5, 5.41) is -0.470. The summed E-state index contributed by atoms with van der Waals surface area (Å²) in [4.78, 5) is 0. The van der Waals surface area contributed by atoms with E-state index in [9.17, 15) is 8.42 Å². The van der Waals surface area contributed by atoms with Crippen LogP contribution < -0.4 is 0 Å². The third-order valence-electron chi connectivity index (χ3n) is 2.60. The molecule has 0 aromatic rings. The Hall–Kier alpha value is 0.200. The minimum absolute atomic E-state index is 0.170. The lowest BCUT2D eigenvalue weighted by atomic mass is 10.4. The summed E-state index contributed by atoms with van der Waals surface area (Å²) in [5.74, 6) is 0.760. The van der Waals surface area contributed by atoms with E-state index in [0.29, 0.717) is 19.0 Å². The summed E-state index contributed by atoms with van der Waals surface area (Å²) in [6.07, 6.45) is 2.34. The molecule has 0 aromatic heterocycles. The Bertz CT molecular complexity index is 275. The molecule has 5 heteroatoms. The van der Waals surface area contributed by atoms with Gasteiger partial charge in [0.2, 0.25) is 10.0 Å². The van der Waals surface area contributed by atoms with E-state index in [0.717, 1.165) is 0 Å². The predicted molar refractivity (Wildman–Crippen MR) is 59.1 cm³/mol. The highest BCUT2D eigenvalue weighted by molar-refractivity contribution is 7.89. The first-order valence-electron chi connectivity index (χ1n) is 5.07. The number of hydrogen-bond donors (Lipinski definition) is 0. The standard InChI is InChI=1S/C9H18ClNO2S/c1-3-11(7-9-4-5-9)14(12,13)8(2)6-10/h8-9H,3-7H2,1-2H3. The van der Waals surface area contributed by atoms with Crippen LogP contribution in [0.15, 0.2) is 0 Å². The number of alkyl halides is 1. The van der Waals surface area contributed by atoms with Crippen molar-refractivity contribution < 1.29 is 8.42 Å². The van der Waals surface area contributed by atoms with E-state index in [1.165, 1.54) is 12.8 Å². The lowest BCUT2D eigenvalue weighted by molar-refractivity contribution is 0.407. The van der Waals surface area contributed by atoms with Gasteiger partial charge in [0.25, 0.3) is 0 Å². The van der Waals surface area contributed by atoms with Crippen LogP contribution in [0.1, 0.15) is 26.7 Å². The van der Waals surface area contributed by atoms with Crippen LogP contribution in [0.2, 0.25) is 0 Å². The van der Waals surface area contributed by atoms with E-state index in [-0.39, 0.29) is 5.88 Å². The van der Waals surface area contributed by atoms with Crippen LogP contribution in [0.5, 0.6) is 0 Å². The van der Waals surface area contributed by atoms with E-state index in [1.807, 2.05) is 6.92 Å². The fraction of sp³-hybridized carbons (Fsp3) is 1.00. The van der Waals surface area contributed by atoms with Crippen LogP contribution in [0.4, 0.5) is 0 Å². The van der Waals surface area contributed by atoms with Crippen molar-refractivity contribution in [3.63, 3.8) is 0 Å². The maximum atomic E-state index is 11.9. The van der Waals surface area contributed by atoms with E-state index in [1.54, 1.807) is 11.2 Å². The van der Waals surface area contributed by atoms with Crippen molar-refractivity contribution in [3.8, 4) is 0 Å². The second kappa shape index (κ2) is 4.81. The highest BCUT2D eigenvalue weighted by atomic mass is 35.5. The molecule has 1 fully saturated rings. The first kappa shape index (κ1) is 12.3. The molecule has 0 N–H and O–H groups in total. The Kier molecular flexibility index (Phi) is 4.22. The zero-order chi connectivity index (χ0) is 10.8. The number of rotatable bonds is 6. The molecule has 0 bridgehead atoms. The van der Waals surface area contributed by atoms with Gasteiger partial charge in [-0.25, -0.2) is 12.7 Å². The highest BCUT2D eigenvalue weighted by Gasteiger charge is 2.32. The van der Waals surface area contributed by atoms with Gasteiger partial charge in [0, 0.05) is 19.0 Å². The molecule has 1 rings (SSSR count). The molecule has 0 heterocycles. The van der Waals surface area contributed by atoms with Crippen molar-refractivity contribution >= 4 is 21.6 Å². The molecule has 1 aliphatic carbocycles. The van der Waals surface area contributed by atoms with Gasteiger partial charge in [0.05, 0.1) is 5.25 Å². The molecular formula is C9H18ClNO2S. The molecule has 3 nitrogen and oxygen atoms in total. The predicted octanol–water partition coefficient (Wildman–Crippen LogP) is 1.68. The van der Waals surface area contributed by atoms with Gasteiger partial charge < -0.3 is 0 Å². The molecule has 84 valence electrons. The van der Waals surface area contributed by atoms with Crippen molar-refractivity contribution in [3.05, 3.63) is 0 Å². The molecule has 0 aromatic carbocycles. The van der Waals surface area contributed by atoms with E-state index in [4.69, 9.17) is 11.6 Å². The average Bonchev–Trinajstić information content (AvgIpc) is 2.95. The van der Waals surface area contributed by atoms with Crippen molar-refractivity contribution in [2.45, 2.75) is 31.9 Å². The van der Waals surface area contributed by atoms with Crippen LogP contribution in [0.25, 0.3) is 0 Å². The molecule has 1 atom stereocenters. The Morgan fingerprint density at radius 3 is 2.43 bits per heavy atom. The molecule has 0 spiro atoms. The largest absolute Gasteiger partial charge is 0.217 e. The van der Waals surface area contributed by atoms with Crippen LogP contribution in [-0.2, 0) is 10.0 Å². The number of nitrogens with zero attached hydrogens (tertiary/aromatic N) is 1. The van der Waals surface area contributed by atoms with E-state index in [2.05, 4.69) is 0 Å². The zero-order valence-corrected chi connectivity index (χ0v) is 10.3. The van der Waals surface area contributed by atoms with Crippen molar-refractivity contribution in [2.24, 2.45) is 5.92 Å². The third-order valence-corrected chi connectivity index (χ3v) is 5.55. The van der Waals surface area contributed by atoms with E-state index < -0.39 is 15.3 Å². The fourth-order valence-electron chi connectivity index (χ4n) is 1.34. The number of halogens is 1. The monoisotopic (exact) mass is 239 g/mol. The first-order valence-corrected chi connectivity index (χ1v) is 7.11. The Balaban J connectivity index is 2.65. The van der Waals surface area contributed by atoms with Gasteiger partial charge in [-0.05, 0) is 25.7 Å². The van der Waals surface area contributed by atoms with Crippen molar-refractivity contribution in [1.29, 1.82) is 0 Å². The van der Waals surface area contributed by atoms with Gasteiger partial charge in [-0.2, -0.15) is 0 Å². The fourth-order valence-corrected chi connectivity index (χ4v) is 3.26. The molecule has 0 amide bonds. The average molecular weight is 240 g/mol. The van der Waals surface area contributed by atoms with Crippen LogP contribution in [0, 0.1) is 5.92 Å². The lowest BCUT2D eigenvalue weighted by Gasteiger charge is -2.23. The molecule has 0 radical (unpaired) electrons. The maximum absolute atomic E-state index is 11.9. The normalized spacial score (nSPS) is 20.0. The SMILES string of the molecule is CCN(CC1CC1)S(=O)(=O)C(C)CCl. The molecule has 1 aliphatic rings. The minimum Gasteiger partial charge on any atom is -0.212 e. The highest BCUT2D eigenvalue weighted by Crippen LogP contribution is 2.30. The van der Waals surface area contributed by atoms with Gasteiger partial charge in [-0.1, -0.05) is 6.92 Å². The minimum atomic E-state index is -3.15. The van der Waals surface area contributed by atoms with Gasteiger partial charge in [0.1, 0.15) is 0 Å². The van der Waals surface area contributed by atoms with Crippen LogP contribution in [-0.4, -0.2) is 36.9 Å². The smallest absolute Gasteiger partial charge is 0.212 e. The Labute approximate surface area is 91.5 Å². The summed E-state index contributed by atoms with van der Waals surface area (Å²) in [5.41, 5.74) is 0. The molecular weight excluding hydrogens is 222 g/mol. The molecule has 0 saturated heterocycles. The summed E-state index contributed by atoms with van der Waals surface area (Å²) in [6, 6.07) is 0. The van der Waals surface area contributed by atoms with Gasteiger partial charge in [0.15, 0.2) is 0 Å². The van der Waals surface area contributed by atoms with Gasteiger partial charge in [-0.15, -0.1) is 11.6 Å². The quantitative estimate of drug-likeness (QED) is 0.662. The Morgan fingerprint density at radius 2 is 2.07 bits per heavy atom. The maximum Gasteiger partial charge on any atom is 0.217 e. The molecule has 1 saturated carbocycles. The summed E-state index contributed by atoms with van der Waals surface area (Å²) in [6.45, 7) is 4.78. The Morgan fingerprint density at radius 1 is 1.50 bits per heavy atom. The molecule has 14 heavy (non-hydrogen) atoms. The van der Waals surface area contributed by atoms with Crippen molar-refractivity contribution in [1.82, 2.24) is 4.31 Å². The zero-order valence-electron chi connectivity index (χ0n) is 8.74. The lowest BCUT2D eigenvalue weighted by Crippen LogP contribution is -2.39. The molecule has 1 unspecified atom stereocenters. The van der Waals surface area contributed by atoms with Gasteiger partial charge in [-0.3, -0.25) is 0 Å². The van der Waals surface area contributed by atoms with E-state index >= 15 is 0 Å². The second-order valence-electron chi connectivity index (χ2n) is 3.90. The second-order valence-corrected chi connectivity index (χ2v) is 6.56. The van der Waals surface area contributed by atoms with Crippen molar-refractivity contribution in [2.75, 3.05) is 19.0 Å². The molecule has 0 aliphatic heterocycles.